The number of thiophene rings is 1. The lowest BCUT2D eigenvalue weighted by Gasteiger charge is -2.12. The van der Waals surface area contributed by atoms with Crippen molar-refractivity contribution in [1.82, 2.24) is 33.7 Å². The molecular formula is C24H21N9S. The van der Waals surface area contributed by atoms with E-state index in [1.165, 1.54) is 0 Å². The monoisotopic (exact) mass is 467 g/mol. The SMILES string of the molecule is Cn1cc(-c2cnc3c(Nc4ccc(-n5ccnc5)cc4)nc(-c4sccc4CN)cn23)cn1. The first-order chi connectivity index (χ1) is 16.7. The third-order valence-corrected chi connectivity index (χ3v) is 6.60. The van der Waals surface area contributed by atoms with Gasteiger partial charge in [-0.1, -0.05) is 0 Å². The van der Waals surface area contributed by atoms with E-state index >= 15 is 0 Å². The van der Waals surface area contributed by atoms with E-state index in [0.29, 0.717) is 12.4 Å². The molecule has 34 heavy (non-hydrogen) atoms. The highest BCUT2D eigenvalue weighted by atomic mass is 32.1. The fourth-order valence-corrected chi connectivity index (χ4v) is 4.83. The molecule has 0 amide bonds. The largest absolute Gasteiger partial charge is 0.337 e. The number of aromatic nitrogens is 7. The van der Waals surface area contributed by atoms with Crippen molar-refractivity contribution in [2.75, 3.05) is 5.32 Å². The minimum atomic E-state index is 0.455. The normalized spacial score (nSPS) is 11.4. The Morgan fingerprint density at radius 2 is 1.97 bits per heavy atom. The molecule has 168 valence electrons. The van der Waals surface area contributed by atoms with Crippen molar-refractivity contribution < 1.29 is 0 Å². The van der Waals surface area contributed by atoms with E-state index in [4.69, 9.17) is 15.7 Å². The highest BCUT2D eigenvalue weighted by molar-refractivity contribution is 7.13. The second kappa shape index (κ2) is 8.25. The fraction of sp³-hybridized carbons (Fsp3) is 0.0833. The van der Waals surface area contributed by atoms with Gasteiger partial charge >= 0.3 is 0 Å². The highest BCUT2D eigenvalue weighted by Crippen LogP contribution is 2.33. The Balaban J connectivity index is 1.46. The molecule has 0 radical (unpaired) electrons. The zero-order valence-corrected chi connectivity index (χ0v) is 19.1. The number of hydrogen-bond acceptors (Lipinski definition) is 7. The van der Waals surface area contributed by atoms with Crippen molar-refractivity contribution in [2.45, 2.75) is 6.54 Å². The second-order valence-corrected chi connectivity index (χ2v) is 8.75. The molecule has 1 aromatic carbocycles. The van der Waals surface area contributed by atoms with Gasteiger partial charge in [0.25, 0.3) is 0 Å². The second-order valence-electron chi connectivity index (χ2n) is 7.84. The minimum Gasteiger partial charge on any atom is -0.337 e. The molecule has 6 aromatic rings. The maximum Gasteiger partial charge on any atom is 0.180 e. The van der Waals surface area contributed by atoms with Crippen molar-refractivity contribution in [1.29, 1.82) is 0 Å². The van der Waals surface area contributed by atoms with Crippen LogP contribution in [0.5, 0.6) is 0 Å². The van der Waals surface area contributed by atoms with E-state index in [0.717, 1.165) is 44.4 Å². The van der Waals surface area contributed by atoms with Crippen molar-refractivity contribution in [3.05, 3.63) is 84.8 Å². The summed E-state index contributed by atoms with van der Waals surface area (Å²) in [7, 11) is 1.90. The summed E-state index contributed by atoms with van der Waals surface area (Å²) in [5, 5.41) is 9.83. The number of nitrogens with zero attached hydrogens (tertiary/aromatic N) is 7. The van der Waals surface area contributed by atoms with Gasteiger partial charge in [0.2, 0.25) is 0 Å². The maximum absolute atomic E-state index is 5.99. The fourth-order valence-electron chi connectivity index (χ4n) is 3.94. The number of anilines is 2. The molecule has 5 heterocycles. The van der Waals surface area contributed by atoms with Crippen LogP contribution < -0.4 is 11.1 Å². The summed E-state index contributed by atoms with van der Waals surface area (Å²) in [5.41, 5.74) is 12.5. The summed E-state index contributed by atoms with van der Waals surface area (Å²) in [6.07, 6.45) is 13.1. The van der Waals surface area contributed by atoms with Crippen molar-refractivity contribution in [3.8, 4) is 27.5 Å². The predicted molar refractivity (Wildman–Crippen MR) is 133 cm³/mol. The number of rotatable bonds is 6. The van der Waals surface area contributed by atoms with Crippen LogP contribution in [0.1, 0.15) is 5.56 Å². The van der Waals surface area contributed by atoms with Gasteiger partial charge in [0, 0.05) is 55.3 Å². The predicted octanol–water partition coefficient (Wildman–Crippen LogP) is 4.25. The first-order valence-electron chi connectivity index (χ1n) is 10.7. The number of benzene rings is 1. The highest BCUT2D eigenvalue weighted by Gasteiger charge is 2.17. The first-order valence-corrected chi connectivity index (χ1v) is 11.6. The summed E-state index contributed by atoms with van der Waals surface area (Å²) in [6, 6.07) is 10.1. The molecule has 0 bridgehead atoms. The molecule has 0 fully saturated rings. The van der Waals surface area contributed by atoms with Crippen LogP contribution >= 0.6 is 11.3 Å². The molecule has 0 atom stereocenters. The summed E-state index contributed by atoms with van der Waals surface area (Å²) in [4.78, 5) is 14.8. The Hall–Kier alpha value is -4.28. The third-order valence-electron chi connectivity index (χ3n) is 5.62. The Labute approximate surface area is 199 Å². The molecule has 0 saturated carbocycles. The number of aryl methyl sites for hydroxylation is 1. The zero-order valence-electron chi connectivity index (χ0n) is 18.3. The van der Waals surface area contributed by atoms with Crippen molar-refractivity contribution in [2.24, 2.45) is 12.8 Å². The summed E-state index contributed by atoms with van der Waals surface area (Å²) < 4.78 is 5.80. The van der Waals surface area contributed by atoms with E-state index in [9.17, 15) is 0 Å². The van der Waals surface area contributed by atoms with Crippen molar-refractivity contribution >= 4 is 28.5 Å². The van der Waals surface area contributed by atoms with E-state index in [1.807, 2.05) is 78.3 Å². The average Bonchev–Trinajstić information content (AvgIpc) is 3.66. The third kappa shape index (κ3) is 3.54. The summed E-state index contributed by atoms with van der Waals surface area (Å²) in [5.74, 6) is 0.666. The van der Waals surface area contributed by atoms with Gasteiger partial charge < -0.3 is 15.6 Å². The van der Waals surface area contributed by atoms with Crippen molar-refractivity contribution in [3.63, 3.8) is 0 Å². The molecule has 9 nitrogen and oxygen atoms in total. The molecule has 3 N–H and O–H groups in total. The minimum absolute atomic E-state index is 0.455. The van der Waals surface area contributed by atoms with Gasteiger partial charge in [-0.05, 0) is 41.3 Å². The molecule has 10 heteroatoms. The summed E-state index contributed by atoms with van der Waals surface area (Å²) in [6.45, 7) is 0.455. The topological polar surface area (TPSA) is 104 Å². The molecule has 6 rings (SSSR count). The van der Waals surface area contributed by atoms with Gasteiger partial charge in [-0.25, -0.2) is 15.0 Å². The Morgan fingerprint density at radius 1 is 1.09 bits per heavy atom. The maximum atomic E-state index is 5.99. The van der Waals surface area contributed by atoms with E-state index < -0.39 is 0 Å². The van der Waals surface area contributed by atoms with E-state index in [-0.39, 0.29) is 0 Å². The molecule has 5 aromatic heterocycles. The Morgan fingerprint density at radius 3 is 2.71 bits per heavy atom. The van der Waals surface area contributed by atoms with Gasteiger partial charge in [0.1, 0.15) is 0 Å². The van der Waals surface area contributed by atoms with Gasteiger partial charge in [0.15, 0.2) is 11.5 Å². The smallest absolute Gasteiger partial charge is 0.180 e. The standard InChI is InChI=1S/C24H21N9S/c1-31-13-17(11-28-31)21-12-27-24-23(29-18-2-4-19(5-3-18)32-8-7-26-15-32)30-20(14-33(21)24)22-16(10-25)6-9-34-22/h2-9,11-15H,10,25H2,1H3,(H,29,30). The summed E-state index contributed by atoms with van der Waals surface area (Å²) >= 11 is 1.63. The molecule has 0 spiro atoms. The first kappa shape index (κ1) is 20.3. The Bertz CT molecular complexity index is 1570. The lowest BCUT2D eigenvalue weighted by atomic mass is 10.2. The van der Waals surface area contributed by atoms with Crippen LogP contribution in [0.15, 0.2) is 79.2 Å². The van der Waals surface area contributed by atoms with Crippen LogP contribution in [0.2, 0.25) is 0 Å². The van der Waals surface area contributed by atoms with E-state index in [2.05, 4.69) is 19.8 Å². The van der Waals surface area contributed by atoms with Crippen LogP contribution in [-0.4, -0.2) is 33.7 Å². The number of nitrogens with two attached hydrogens (primary N) is 1. The Kier molecular flexibility index (Phi) is 4.93. The lowest BCUT2D eigenvalue weighted by molar-refractivity contribution is 0.768. The molecule has 0 aliphatic carbocycles. The lowest BCUT2D eigenvalue weighted by Crippen LogP contribution is -2.03. The number of imidazole rings is 2. The molecule has 0 unspecified atom stereocenters. The van der Waals surface area contributed by atoms with Gasteiger partial charge in [-0.2, -0.15) is 5.10 Å². The number of hydrogen-bond donors (Lipinski definition) is 2. The number of fused-ring (bicyclic) bond motifs is 1. The molecule has 0 saturated heterocycles. The zero-order chi connectivity index (χ0) is 23.1. The number of nitrogens with one attached hydrogen (secondary N) is 1. The van der Waals surface area contributed by atoms with Crippen LogP contribution in [-0.2, 0) is 13.6 Å². The average molecular weight is 468 g/mol. The van der Waals surface area contributed by atoms with Crippen LogP contribution in [0, 0.1) is 0 Å². The van der Waals surface area contributed by atoms with Crippen LogP contribution in [0.25, 0.3) is 33.2 Å². The van der Waals surface area contributed by atoms with E-state index in [1.54, 1.807) is 28.5 Å². The quantitative estimate of drug-likeness (QED) is 0.380. The van der Waals surface area contributed by atoms with Gasteiger partial charge in [0.05, 0.1) is 35.0 Å². The molecule has 0 aliphatic rings. The molecule has 0 aliphatic heterocycles. The van der Waals surface area contributed by atoms with Gasteiger partial charge in [-0.15, -0.1) is 11.3 Å². The van der Waals surface area contributed by atoms with Crippen LogP contribution in [0.4, 0.5) is 11.5 Å². The van der Waals surface area contributed by atoms with Crippen LogP contribution in [0.3, 0.4) is 0 Å². The molecular weight excluding hydrogens is 446 g/mol. The van der Waals surface area contributed by atoms with Gasteiger partial charge in [-0.3, -0.25) is 9.08 Å².